The van der Waals surface area contributed by atoms with Crippen LogP contribution in [0.3, 0.4) is 0 Å². The molecule has 206 valence electrons. The third-order valence-electron chi connectivity index (χ3n) is 7.58. The maximum Gasteiger partial charge on any atom is 0.251 e. The molecule has 0 aromatic heterocycles. The van der Waals surface area contributed by atoms with Crippen LogP contribution in [-0.4, -0.2) is 69.8 Å². The van der Waals surface area contributed by atoms with Gasteiger partial charge < -0.3 is 21.1 Å². The van der Waals surface area contributed by atoms with Gasteiger partial charge >= 0.3 is 0 Å². The fraction of sp³-hybridized carbons (Fsp3) is 0.500. The zero-order valence-corrected chi connectivity index (χ0v) is 23.0. The number of benzene rings is 2. The molecule has 5 atom stereocenters. The van der Waals surface area contributed by atoms with Crippen molar-refractivity contribution in [1.29, 1.82) is 0 Å². The third-order valence-corrected chi connectivity index (χ3v) is 8.79. The number of hydrogen-bond donors (Lipinski definition) is 4. The highest BCUT2D eigenvalue weighted by Crippen LogP contribution is 2.37. The van der Waals surface area contributed by atoms with Crippen LogP contribution >= 0.6 is 0 Å². The van der Waals surface area contributed by atoms with E-state index in [-0.39, 0.29) is 17.8 Å². The number of amides is 1. The molecule has 4 N–H and O–H groups in total. The second-order valence-corrected chi connectivity index (χ2v) is 12.7. The minimum absolute atomic E-state index is 0.0785. The number of anilines is 2. The van der Waals surface area contributed by atoms with Gasteiger partial charge in [0.25, 0.3) is 5.91 Å². The molecule has 9 nitrogen and oxygen atoms in total. The predicted octanol–water partition coefficient (Wildman–Crippen LogP) is 2.17. The molecule has 1 aliphatic heterocycles. The van der Waals surface area contributed by atoms with Crippen molar-refractivity contribution in [2.75, 3.05) is 36.0 Å². The van der Waals surface area contributed by atoms with Gasteiger partial charge in [0.2, 0.25) is 10.0 Å². The minimum Gasteiger partial charge on any atom is -0.389 e. The topological polar surface area (TPSA) is 128 Å². The van der Waals surface area contributed by atoms with E-state index in [0.29, 0.717) is 42.6 Å². The highest BCUT2D eigenvalue weighted by Gasteiger charge is 2.33. The molecule has 1 saturated carbocycles. The standard InChI is InChI=1S/C28H38N4O5S/c1-18-11-21(18)17-30-22-13-20(14-23(15-22)32(2)38(3,36)37)28(35)31-26(12-19-7-5-4-6-8-19)27(34)25-16-24(33)9-10-29-25/h4-8,13-15,18,21,25-27,29-30,34H,9-12,16-17H2,1-3H3,(H,31,35). The molecular weight excluding hydrogens is 504 g/mol. The molecule has 1 heterocycles. The molecule has 2 aromatic rings. The largest absolute Gasteiger partial charge is 0.389 e. The van der Waals surface area contributed by atoms with Gasteiger partial charge in [-0.15, -0.1) is 0 Å². The Hall–Kier alpha value is -2.95. The lowest BCUT2D eigenvalue weighted by atomic mass is 9.91. The van der Waals surface area contributed by atoms with Gasteiger partial charge in [0, 0.05) is 50.3 Å². The van der Waals surface area contributed by atoms with E-state index in [0.717, 1.165) is 29.1 Å². The predicted molar refractivity (Wildman–Crippen MR) is 149 cm³/mol. The summed E-state index contributed by atoms with van der Waals surface area (Å²) >= 11 is 0. The van der Waals surface area contributed by atoms with Crippen molar-refractivity contribution in [3.8, 4) is 0 Å². The van der Waals surface area contributed by atoms with Gasteiger partial charge in [-0.3, -0.25) is 13.9 Å². The van der Waals surface area contributed by atoms with Crippen molar-refractivity contribution in [2.24, 2.45) is 11.8 Å². The van der Waals surface area contributed by atoms with Gasteiger partial charge in [-0.25, -0.2) is 8.42 Å². The van der Waals surface area contributed by atoms with Crippen molar-refractivity contribution in [3.63, 3.8) is 0 Å². The minimum atomic E-state index is -3.55. The molecule has 2 fully saturated rings. The molecule has 38 heavy (non-hydrogen) atoms. The number of Topliss-reactive ketones (excluding diaryl/α,β-unsaturated/α-hetero) is 1. The molecule has 5 unspecified atom stereocenters. The summed E-state index contributed by atoms with van der Waals surface area (Å²) in [5.74, 6) is 0.848. The average Bonchev–Trinajstić information content (AvgIpc) is 3.60. The lowest BCUT2D eigenvalue weighted by Gasteiger charge is -2.33. The van der Waals surface area contributed by atoms with Crippen LogP contribution < -0.4 is 20.3 Å². The number of aliphatic hydroxyl groups is 1. The molecule has 0 bridgehead atoms. The number of hydrogen-bond acceptors (Lipinski definition) is 7. The first kappa shape index (κ1) is 28.1. The van der Waals surface area contributed by atoms with Crippen molar-refractivity contribution in [3.05, 3.63) is 59.7 Å². The van der Waals surface area contributed by atoms with Gasteiger partial charge in [-0.05, 0) is 48.4 Å². The Labute approximate surface area is 225 Å². The monoisotopic (exact) mass is 542 g/mol. The van der Waals surface area contributed by atoms with Gasteiger partial charge in [-0.2, -0.15) is 0 Å². The number of aliphatic hydroxyl groups excluding tert-OH is 1. The van der Waals surface area contributed by atoms with Crippen LogP contribution in [0.2, 0.25) is 0 Å². The summed E-state index contributed by atoms with van der Waals surface area (Å²) in [4.78, 5) is 25.6. The summed E-state index contributed by atoms with van der Waals surface area (Å²) in [5.41, 5.74) is 2.24. The van der Waals surface area contributed by atoms with Crippen molar-refractivity contribution >= 4 is 33.1 Å². The third kappa shape index (κ3) is 7.33. The second kappa shape index (κ2) is 11.8. The zero-order valence-electron chi connectivity index (χ0n) is 22.2. The van der Waals surface area contributed by atoms with Crippen LogP contribution in [0, 0.1) is 11.8 Å². The Balaban J connectivity index is 1.59. The first-order valence-corrected chi connectivity index (χ1v) is 15.0. The summed E-state index contributed by atoms with van der Waals surface area (Å²) < 4.78 is 25.6. The Morgan fingerprint density at radius 2 is 1.92 bits per heavy atom. The van der Waals surface area contributed by atoms with E-state index in [9.17, 15) is 23.1 Å². The molecule has 10 heteroatoms. The molecule has 1 aliphatic carbocycles. The Morgan fingerprint density at radius 3 is 2.55 bits per heavy atom. The molecular formula is C28H38N4O5S. The number of ketones is 1. The summed E-state index contributed by atoms with van der Waals surface area (Å²) in [6.45, 7) is 3.41. The number of nitrogens with zero attached hydrogens (tertiary/aromatic N) is 1. The van der Waals surface area contributed by atoms with Crippen LogP contribution in [0.1, 0.15) is 42.1 Å². The summed E-state index contributed by atoms with van der Waals surface area (Å²) in [5, 5.41) is 20.8. The lowest BCUT2D eigenvalue weighted by molar-refractivity contribution is -0.121. The summed E-state index contributed by atoms with van der Waals surface area (Å²) in [6, 6.07) is 13.4. The fourth-order valence-corrected chi connectivity index (χ4v) is 5.35. The van der Waals surface area contributed by atoms with Crippen LogP contribution in [0.25, 0.3) is 0 Å². The number of sulfonamides is 1. The molecule has 1 amide bonds. The van der Waals surface area contributed by atoms with Gasteiger partial charge in [-0.1, -0.05) is 37.3 Å². The van der Waals surface area contributed by atoms with Gasteiger partial charge in [0.05, 0.1) is 24.1 Å². The van der Waals surface area contributed by atoms with Gasteiger partial charge in [0.15, 0.2) is 0 Å². The maximum absolute atomic E-state index is 13.6. The SMILES string of the molecule is CC1CC1CNc1cc(C(=O)NC(Cc2ccccc2)C(O)C2CC(=O)CCN2)cc(N(C)S(C)(=O)=O)c1. The first-order chi connectivity index (χ1) is 18.0. The Morgan fingerprint density at radius 1 is 1.21 bits per heavy atom. The number of nitrogens with one attached hydrogen (secondary N) is 3. The number of rotatable bonds is 11. The smallest absolute Gasteiger partial charge is 0.251 e. The fourth-order valence-electron chi connectivity index (χ4n) is 4.87. The summed E-state index contributed by atoms with van der Waals surface area (Å²) in [7, 11) is -2.09. The Kier molecular flexibility index (Phi) is 8.74. The summed E-state index contributed by atoms with van der Waals surface area (Å²) in [6.07, 6.45) is 2.25. The van der Waals surface area contributed by atoms with E-state index >= 15 is 0 Å². The molecule has 2 aromatic carbocycles. The first-order valence-electron chi connectivity index (χ1n) is 13.1. The van der Waals surface area contributed by atoms with Crippen molar-refractivity contribution in [2.45, 2.75) is 50.8 Å². The zero-order chi connectivity index (χ0) is 27.4. The molecule has 1 saturated heterocycles. The van der Waals surface area contributed by atoms with Crippen molar-refractivity contribution < 1.29 is 23.1 Å². The van der Waals surface area contributed by atoms with Crippen molar-refractivity contribution in [1.82, 2.24) is 10.6 Å². The maximum atomic E-state index is 13.6. The van der Waals surface area contributed by atoms with E-state index in [4.69, 9.17) is 0 Å². The lowest BCUT2D eigenvalue weighted by Crippen LogP contribution is -2.56. The van der Waals surface area contributed by atoms with E-state index in [1.807, 2.05) is 30.3 Å². The highest BCUT2D eigenvalue weighted by molar-refractivity contribution is 7.92. The molecule has 4 rings (SSSR count). The van der Waals surface area contributed by atoms with E-state index in [2.05, 4.69) is 22.9 Å². The van der Waals surface area contributed by atoms with E-state index < -0.39 is 34.1 Å². The number of carbonyl (C=O) groups is 2. The van der Waals surface area contributed by atoms with E-state index in [1.54, 1.807) is 12.1 Å². The normalized spacial score (nSPS) is 22.8. The van der Waals surface area contributed by atoms with Crippen LogP contribution in [-0.2, 0) is 21.2 Å². The van der Waals surface area contributed by atoms with Crippen LogP contribution in [0.15, 0.2) is 48.5 Å². The van der Waals surface area contributed by atoms with Crippen LogP contribution in [0.5, 0.6) is 0 Å². The molecule has 0 radical (unpaired) electrons. The highest BCUT2D eigenvalue weighted by atomic mass is 32.2. The van der Waals surface area contributed by atoms with Crippen LogP contribution in [0.4, 0.5) is 11.4 Å². The second-order valence-electron chi connectivity index (χ2n) is 10.7. The van der Waals surface area contributed by atoms with E-state index in [1.165, 1.54) is 13.1 Å². The Bertz CT molecular complexity index is 1250. The molecule has 0 spiro atoms. The number of piperidine rings is 1. The average molecular weight is 543 g/mol. The van der Waals surface area contributed by atoms with Gasteiger partial charge in [0.1, 0.15) is 5.78 Å². The molecule has 2 aliphatic rings. The number of carbonyl (C=O) groups excluding carboxylic acids is 2. The quantitative estimate of drug-likeness (QED) is 0.343.